The first-order valence-corrected chi connectivity index (χ1v) is 4.15. The highest BCUT2D eigenvalue weighted by Gasteiger charge is 2.37. The normalized spacial score (nSPS) is 15.2. The van der Waals surface area contributed by atoms with Gasteiger partial charge in [-0.2, -0.15) is 13.2 Å². The van der Waals surface area contributed by atoms with Gasteiger partial charge < -0.3 is 5.11 Å². The van der Waals surface area contributed by atoms with Crippen LogP contribution < -0.4 is 0 Å². The van der Waals surface area contributed by atoms with Crippen molar-refractivity contribution in [3.8, 4) is 0 Å². The van der Waals surface area contributed by atoms with E-state index in [-0.39, 0.29) is 6.42 Å². The van der Waals surface area contributed by atoms with Crippen molar-refractivity contribution in [2.75, 3.05) is 0 Å². The number of alkyl halides is 3. The molecule has 0 spiro atoms. The van der Waals surface area contributed by atoms with Crippen LogP contribution in [0.25, 0.3) is 10.4 Å². The monoisotopic (exact) mass is 225 g/mol. The minimum Gasteiger partial charge on any atom is -0.481 e. The predicted molar refractivity (Wildman–Crippen MR) is 45.0 cm³/mol. The summed E-state index contributed by atoms with van der Waals surface area (Å²) in [6.07, 6.45) is -5.74. The number of hydrogen-bond acceptors (Lipinski definition) is 2. The highest BCUT2D eigenvalue weighted by Crippen LogP contribution is 2.29. The van der Waals surface area contributed by atoms with Crippen molar-refractivity contribution in [2.24, 2.45) is 11.0 Å². The molecule has 0 aliphatic rings. The third-order valence-corrected chi connectivity index (χ3v) is 1.89. The second-order valence-corrected chi connectivity index (χ2v) is 2.98. The molecule has 0 saturated carbocycles. The first kappa shape index (κ1) is 13.6. The third kappa shape index (κ3) is 5.11. The van der Waals surface area contributed by atoms with E-state index in [4.69, 9.17) is 10.6 Å². The SMILES string of the molecule is CC[C@@H](CC(F)(F)F)C(N=[N+]=[N-])C(=O)O. The number of halogens is 3. The molecule has 0 aromatic heterocycles. The molecule has 0 aliphatic heterocycles. The maximum atomic E-state index is 12.0. The lowest BCUT2D eigenvalue weighted by Gasteiger charge is -2.19. The standard InChI is InChI=1S/C7H10F3N3O2/c1-2-4(3-7(8,9)10)5(6(14)15)12-13-11/h4-5H,2-3H2,1H3,(H,14,15)/t4-,5?/m0/s1. The molecule has 0 saturated heterocycles. The van der Waals surface area contributed by atoms with E-state index >= 15 is 0 Å². The molecule has 2 atom stereocenters. The summed E-state index contributed by atoms with van der Waals surface area (Å²) in [5.41, 5.74) is 8.04. The smallest absolute Gasteiger partial charge is 0.389 e. The average molecular weight is 225 g/mol. The molecule has 0 aromatic rings. The first-order valence-electron chi connectivity index (χ1n) is 4.15. The fourth-order valence-corrected chi connectivity index (χ4v) is 1.18. The second-order valence-electron chi connectivity index (χ2n) is 2.98. The Bertz CT molecular complexity index is 271. The minimum absolute atomic E-state index is 0.0184. The van der Waals surface area contributed by atoms with Crippen LogP contribution in [-0.4, -0.2) is 23.3 Å². The lowest BCUT2D eigenvalue weighted by atomic mass is 9.94. The minimum atomic E-state index is -4.46. The Morgan fingerprint density at radius 2 is 2.13 bits per heavy atom. The lowest BCUT2D eigenvalue weighted by Crippen LogP contribution is -2.30. The van der Waals surface area contributed by atoms with Crippen LogP contribution in [0, 0.1) is 5.92 Å². The van der Waals surface area contributed by atoms with Crippen molar-refractivity contribution in [3.63, 3.8) is 0 Å². The van der Waals surface area contributed by atoms with Gasteiger partial charge in [0.05, 0.1) is 0 Å². The summed E-state index contributed by atoms with van der Waals surface area (Å²) in [4.78, 5) is 12.8. The van der Waals surface area contributed by atoms with Crippen LogP contribution in [0.1, 0.15) is 19.8 Å². The van der Waals surface area contributed by atoms with E-state index in [2.05, 4.69) is 10.0 Å². The lowest BCUT2D eigenvalue weighted by molar-refractivity contribution is -0.153. The fourth-order valence-electron chi connectivity index (χ4n) is 1.18. The zero-order valence-corrected chi connectivity index (χ0v) is 7.90. The number of carbonyl (C=O) groups is 1. The van der Waals surface area contributed by atoms with Crippen molar-refractivity contribution in [1.82, 2.24) is 0 Å². The van der Waals surface area contributed by atoms with Crippen LogP contribution in [0.2, 0.25) is 0 Å². The molecule has 0 radical (unpaired) electrons. The topological polar surface area (TPSA) is 86.1 Å². The van der Waals surface area contributed by atoms with Gasteiger partial charge in [0.2, 0.25) is 0 Å². The highest BCUT2D eigenvalue weighted by molar-refractivity contribution is 5.74. The summed E-state index contributed by atoms with van der Waals surface area (Å²) >= 11 is 0. The molecule has 0 amide bonds. The van der Waals surface area contributed by atoms with Gasteiger partial charge in [-0.05, 0) is 11.4 Å². The summed E-state index contributed by atoms with van der Waals surface area (Å²) in [6.45, 7) is 1.42. The van der Waals surface area contributed by atoms with Crippen LogP contribution in [0.15, 0.2) is 5.11 Å². The second kappa shape index (κ2) is 5.45. The van der Waals surface area contributed by atoms with Gasteiger partial charge in [-0.1, -0.05) is 18.5 Å². The summed E-state index contributed by atoms with van der Waals surface area (Å²) in [5.74, 6) is -2.76. The molecule has 0 aliphatic carbocycles. The zero-order valence-electron chi connectivity index (χ0n) is 7.90. The van der Waals surface area contributed by atoms with Gasteiger partial charge in [0.1, 0.15) is 6.04 Å². The molecule has 1 N–H and O–H groups in total. The van der Waals surface area contributed by atoms with Gasteiger partial charge in [0.25, 0.3) is 0 Å². The molecule has 15 heavy (non-hydrogen) atoms. The Hall–Kier alpha value is -1.43. The Morgan fingerprint density at radius 1 is 1.60 bits per heavy atom. The van der Waals surface area contributed by atoms with Gasteiger partial charge in [0, 0.05) is 11.3 Å². The zero-order chi connectivity index (χ0) is 12.1. The quantitative estimate of drug-likeness (QED) is 0.443. The molecule has 5 nitrogen and oxygen atoms in total. The molecule has 0 fully saturated rings. The largest absolute Gasteiger partial charge is 0.481 e. The van der Waals surface area contributed by atoms with E-state index in [0.717, 1.165) is 0 Å². The van der Waals surface area contributed by atoms with E-state index in [9.17, 15) is 18.0 Å². The Balaban J connectivity index is 4.75. The Labute approximate surface area is 83.5 Å². The van der Waals surface area contributed by atoms with Gasteiger partial charge in [-0.15, -0.1) is 0 Å². The summed E-state index contributed by atoms with van der Waals surface area (Å²) in [6, 6.07) is -1.67. The van der Waals surface area contributed by atoms with Crippen LogP contribution in [0.4, 0.5) is 13.2 Å². The van der Waals surface area contributed by atoms with Crippen molar-refractivity contribution < 1.29 is 23.1 Å². The van der Waals surface area contributed by atoms with E-state index in [1.165, 1.54) is 6.92 Å². The van der Waals surface area contributed by atoms with E-state index < -0.39 is 30.5 Å². The van der Waals surface area contributed by atoms with Crippen molar-refractivity contribution >= 4 is 5.97 Å². The first-order chi connectivity index (χ1) is 6.81. The summed E-state index contributed by atoms with van der Waals surface area (Å²) < 4.78 is 36.1. The molecule has 0 heterocycles. The van der Waals surface area contributed by atoms with E-state index in [1.807, 2.05) is 0 Å². The van der Waals surface area contributed by atoms with Crippen molar-refractivity contribution in [2.45, 2.75) is 32.0 Å². The number of nitrogens with zero attached hydrogens (tertiary/aromatic N) is 3. The van der Waals surface area contributed by atoms with Crippen molar-refractivity contribution in [3.05, 3.63) is 10.4 Å². The molecule has 8 heteroatoms. The average Bonchev–Trinajstić information content (AvgIpc) is 2.08. The predicted octanol–water partition coefficient (Wildman–Crippen LogP) is 2.73. The van der Waals surface area contributed by atoms with Crippen LogP contribution in [0.5, 0.6) is 0 Å². The molecule has 0 rings (SSSR count). The summed E-state index contributed by atoms with van der Waals surface area (Å²) in [7, 11) is 0. The number of carboxylic acids is 1. The van der Waals surface area contributed by atoms with Gasteiger partial charge >= 0.3 is 12.1 Å². The maximum Gasteiger partial charge on any atom is 0.389 e. The van der Waals surface area contributed by atoms with E-state index in [0.29, 0.717) is 0 Å². The highest BCUT2D eigenvalue weighted by atomic mass is 19.4. The fraction of sp³-hybridized carbons (Fsp3) is 0.857. The van der Waals surface area contributed by atoms with Gasteiger partial charge in [-0.3, -0.25) is 4.79 Å². The molecular weight excluding hydrogens is 215 g/mol. The van der Waals surface area contributed by atoms with Crippen LogP contribution in [-0.2, 0) is 4.79 Å². The number of rotatable bonds is 5. The third-order valence-electron chi connectivity index (χ3n) is 1.89. The van der Waals surface area contributed by atoms with Crippen molar-refractivity contribution in [1.29, 1.82) is 0 Å². The molecular formula is C7H10F3N3O2. The number of hydrogen-bond donors (Lipinski definition) is 1. The van der Waals surface area contributed by atoms with Gasteiger partial charge in [0.15, 0.2) is 0 Å². The van der Waals surface area contributed by atoms with Crippen LogP contribution in [0.3, 0.4) is 0 Å². The molecule has 0 aromatic carbocycles. The number of aliphatic carboxylic acids is 1. The summed E-state index contributed by atoms with van der Waals surface area (Å²) in [5, 5.41) is 11.4. The van der Waals surface area contributed by atoms with Gasteiger partial charge in [-0.25, -0.2) is 0 Å². The maximum absolute atomic E-state index is 12.0. The number of carboxylic acid groups (broad SMARTS) is 1. The van der Waals surface area contributed by atoms with Crippen LogP contribution >= 0.6 is 0 Å². The molecule has 86 valence electrons. The van der Waals surface area contributed by atoms with E-state index in [1.54, 1.807) is 0 Å². The molecule has 0 bridgehead atoms. The Morgan fingerprint density at radius 3 is 2.40 bits per heavy atom. The number of azide groups is 1. The molecule has 1 unspecified atom stereocenters. The Kier molecular flexibility index (Phi) is 4.93.